The summed E-state index contributed by atoms with van der Waals surface area (Å²) in [6.07, 6.45) is 1.72. The van der Waals surface area contributed by atoms with E-state index in [4.69, 9.17) is 11.6 Å². The lowest BCUT2D eigenvalue weighted by atomic mass is 10.1. The number of Topliss-reactive ketones (excluding diaryl/α,β-unsaturated/α-hetero) is 1. The number of thioether (sulfide) groups is 1. The maximum atomic E-state index is 12.3. The van der Waals surface area contributed by atoms with E-state index in [1.54, 1.807) is 29.7 Å². The van der Waals surface area contributed by atoms with Crippen LogP contribution < -0.4 is 0 Å². The summed E-state index contributed by atoms with van der Waals surface area (Å²) in [5, 5.41) is 3.28. The molecule has 3 nitrogen and oxygen atoms in total. The summed E-state index contributed by atoms with van der Waals surface area (Å²) in [5.41, 5.74) is 2.44. The number of hydrogen-bond donors (Lipinski definition) is 0. The van der Waals surface area contributed by atoms with Crippen LogP contribution in [0.2, 0.25) is 5.02 Å². The van der Waals surface area contributed by atoms with Gasteiger partial charge >= 0.3 is 0 Å². The molecule has 6 heteroatoms. The second kappa shape index (κ2) is 7.25. The van der Waals surface area contributed by atoms with Gasteiger partial charge in [-0.3, -0.25) is 4.79 Å². The van der Waals surface area contributed by atoms with Gasteiger partial charge in [0.05, 0.1) is 16.3 Å². The van der Waals surface area contributed by atoms with E-state index in [0.29, 0.717) is 21.5 Å². The van der Waals surface area contributed by atoms with Gasteiger partial charge in [0.1, 0.15) is 0 Å². The largest absolute Gasteiger partial charge is 0.293 e. The Morgan fingerprint density at radius 1 is 1.30 bits per heavy atom. The highest BCUT2D eigenvalue weighted by molar-refractivity contribution is 7.99. The van der Waals surface area contributed by atoms with Gasteiger partial charge < -0.3 is 0 Å². The van der Waals surface area contributed by atoms with Crippen molar-refractivity contribution >= 4 is 40.5 Å². The molecule has 3 rings (SSSR count). The van der Waals surface area contributed by atoms with Crippen molar-refractivity contribution in [2.75, 3.05) is 5.75 Å². The van der Waals surface area contributed by atoms with E-state index in [-0.39, 0.29) is 5.78 Å². The second-order valence-electron chi connectivity index (χ2n) is 4.88. The van der Waals surface area contributed by atoms with Crippen molar-refractivity contribution in [1.29, 1.82) is 0 Å². The number of benzene rings is 1. The monoisotopic (exact) mass is 360 g/mol. The number of aromatic nitrogens is 2. The van der Waals surface area contributed by atoms with Gasteiger partial charge in [0, 0.05) is 16.8 Å². The summed E-state index contributed by atoms with van der Waals surface area (Å²) in [7, 11) is 0. The minimum Gasteiger partial charge on any atom is -0.293 e. The number of rotatable bonds is 5. The van der Waals surface area contributed by atoms with Crippen LogP contribution in [0.5, 0.6) is 0 Å². The fourth-order valence-electron chi connectivity index (χ4n) is 2.00. The molecule has 116 valence electrons. The Morgan fingerprint density at radius 2 is 2.17 bits per heavy atom. The van der Waals surface area contributed by atoms with Crippen LogP contribution in [-0.2, 0) is 0 Å². The molecule has 0 fully saturated rings. The van der Waals surface area contributed by atoms with Crippen LogP contribution in [0.4, 0.5) is 0 Å². The summed E-state index contributed by atoms with van der Waals surface area (Å²) < 4.78 is 0. The molecule has 0 saturated carbocycles. The topological polar surface area (TPSA) is 42.9 Å². The van der Waals surface area contributed by atoms with Gasteiger partial charge in [0.25, 0.3) is 0 Å². The maximum absolute atomic E-state index is 12.3. The van der Waals surface area contributed by atoms with Gasteiger partial charge in [0.2, 0.25) is 0 Å². The summed E-state index contributed by atoms with van der Waals surface area (Å²) >= 11 is 8.96. The van der Waals surface area contributed by atoms with Crippen LogP contribution in [0.1, 0.15) is 15.9 Å². The number of carbonyl (C=O) groups excluding carboxylic acids is 1. The first kappa shape index (κ1) is 16.2. The molecule has 0 amide bonds. The highest BCUT2D eigenvalue weighted by atomic mass is 35.5. The lowest BCUT2D eigenvalue weighted by molar-refractivity contribution is 0.102. The van der Waals surface area contributed by atoms with Crippen LogP contribution in [0.3, 0.4) is 0 Å². The molecule has 3 aromatic rings. The first-order valence-electron chi connectivity index (χ1n) is 6.92. The van der Waals surface area contributed by atoms with Gasteiger partial charge in [0.15, 0.2) is 10.9 Å². The van der Waals surface area contributed by atoms with E-state index >= 15 is 0 Å². The van der Waals surface area contributed by atoms with Crippen molar-refractivity contribution in [3.8, 4) is 10.6 Å². The maximum Gasteiger partial charge on any atom is 0.188 e. The Balaban J connectivity index is 1.69. The molecule has 0 unspecified atom stereocenters. The van der Waals surface area contributed by atoms with Crippen LogP contribution >= 0.6 is 34.7 Å². The zero-order valence-electron chi connectivity index (χ0n) is 12.3. The highest BCUT2D eigenvalue weighted by Crippen LogP contribution is 2.25. The summed E-state index contributed by atoms with van der Waals surface area (Å²) in [6, 6.07) is 11.2. The average molecular weight is 361 g/mol. The SMILES string of the molecule is Cc1cc(C(=O)CSc2nccc(-c3cccs3)n2)ccc1Cl. The Hall–Kier alpha value is -1.69. The number of ketones is 1. The third-order valence-corrected chi connectivity index (χ3v) is 5.40. The molecule has 23 heavy (non-hydrogen) atoms. The quantitative estimate of drug-likeness (QED) is 0.359. The number of halogens is 1. The van der Waals surface area contributed by atoms with E-state index in [1.807, 2.05) is 36.6 Å². The average Bonchev–Trinajstić information content (AvgIpc) is 3.10. The van der Waals surface area contributed by atoms with Crippen molar-refractivity contribution in [2.24, 2.45) is 0 Å². The van der Waals surface area contributed by atoms with Crippen LogP contribution in [-0.4, -0.2) is 21.5 Å². The summed E-state index contributed by atoms with van der Waals surface area (Å²) in [5.74, 6) is 0.342. The standard InChI is InChI=1S/C17H13ClN2OS2/c1-11-9-12(4-5-13(11)18)15(21)10-23-17-19-7-6-14(20-17)16-3-2-8-22-16/h2-9H,10H2,1H3. The Kier molecular flexibility index (Phi) is 5.10. The highest BCUT2D eigenvalue weighted by Gasteiger charge is 2.10. The molecule has 0 N–H and O–H groups in total. The number of aryl methyl sites for hydroxylation is 1. The van der Waals surface area contributed by atoms with E-state index in [0.717, 1.165) is 16.1 Å². The van der Waals surface area contributed by atoms with Gasteiger partial charge in [-0.1, -0.05) is 29.4 Å². The Bertz CT molecular complexity index is 834. The molecule has 0 aliphatic heterocycles. The molecule has 0 saturated heterocycles. The lowest BCUT2D eigenvalue weighted by Gasteiger charge is -2.04. The minimum absolute atomic E-state index is 0.0416. The molecule has 2 heterocycles. The van der Waals surface area contributed by atoms with Crippen molar-refractivity contribution in [2.45, 2.75) is 12.1 Å². The summed E-state index contributed by atoms with van der Waals surface area (Å²) in [4.78, 5) is 22.1. The van der Waals surface area contributed by atoms with Crippen LogP contribution in [0.25, 0.3) is 10.6 Å². The van der Waals surface area contributed by atoms with E-state index in [9.17, 15) is 4.79 Å². The molecular weight excluding hydrogens is 348 g/mol. The smallest absolute Gasteiger partial charge is 0.188 e. The normalized spacial score (nSPS) is 10.7. The number of hydrogen-bond acceptors (Lipinski definition) is 5. The first-order chi connectivity index (χ1) is 11.1. The predicted molar refractivity (Wildman–Crippen MR) is 96.6 cm³/mol. The molecule has 2 aromatic heterocycles. The van der Waals surface area contributed by atoms with Gasteiger partial charge in [-0.2, -0.15) is 0 Å². The van der Waals surface area contributed by atoms with Crippen molar-refractivity contribution in [1.82, 2.24) is 9.97 Å². The zero-order chi connectivity index (χ0) is 16.2. The number of thiophene rings is 1. The predicted octanol–water partition coefficient (Wildman–Crippen LogP) is 5.14. The number of nitrogens with zero attached hydrogens (tertiary/aromatic N) is 2. The molecule has 0 radical (unpaired) electrons. The first-order valence-corrected chi connectivity index (χ1v) is 9.17. The third kappa shape index (κ3) is 3.99. The fraction of sp³-hybridized carbons (Fsp3) is 0.118. The molecular formula is C17H13ClN2OS2. The van der Waals surface area contributed by atoms with Crippen molar-refractivity contribution in [3.63, 3.8) is 0 Å². The lowest BCUT2D eigenvalue weighted by Crippen LogP contribution is -2.03. The molecule has 0 spiro atoms. The van der Waals surface area contributed by atoms with Crippen LogP contribution in [0.15, 0.2) is 53.1 Å². The van der Waals surface area contributed by atoms with Gasteiger partial charge in [-0.25, -0.2) is 9.97 Å². The van der Waals surface area contributed by atoms with Gasteiger partial charge in [-0.05, 0) is 48.2 Å². The molecule has 0 aliphatic rings. The Morgan fingerprint density at radius 3 is 2.91 bits per heavy atom. The molecule has 0 aliphatic carbocycles. The molecule has 0 bridgehead atoms. The number of carbonyl (C=O) groups is 1. The minimum atomic E-state index is 0.0416. The van der Waals surface area contributed by atoms with E-state index in [1.165, 1.54) is 11.8 Å². The van der Waals surface area contributed by atoms with E-state index < -0.39 is 0 Å². The molecule has 0 atom stereocenters. The second-order valence-corrected chi connectivity index (χ2v) is 7.17. The third-order valence-electron chi connectivity index (χ3n) is 3.22. The van der Waals surface area contributed by atoms with Crippen molar-refractivity contribution in [3.05, 3.63) is 64.1 Å². The van der Waals surface area contributed by atoms with Crippen molar-refractivity contribution < 1.29 is 4.79 Å². The summed E-state index contributed by atoms with van der Waals surface area (Å²) in [6.45, 7) is 1.89. The van der Waals surface area contributed by atoms with Crippen LogP contribution in [0, 0.1) is 6.92 Å². The Labute approximate surface area is 147 Å². The van der Waals surface area contributed by atoms with Gasteiger partial charge in [-0.15, -0.1) is 11.3 Å². The molecule has 1 aromatic carbocycles. The van der Waals surface area contributed by atoms with E-state index in [2.05, 4.69) is 9.97 Å². The fourth-order valence-corrected chi connectivity index (χ4v) is 3.54. The zero-order valence-corrected chi connectivity index (χ0v) is 14.7.